The Morgan fingerprint density at radius 2 is 2.06 bits per heavy atom. The fraction of sp³-hybridized carbons (Fsp3) is 0.250. The molecule has 1 aromatic carbocycles. The number of rotatable bonds is 3. The molecule has 0 aliphatic heterocycles. The zero-order valence-corrected chi connectivity index (χ0v) is 9.49. The number of nitrogens with one attached hydrogen (secondary N) is 2. The highest BCUT2D eigenvalue weighted by molar-refractivity contribution is 5.88. The van der Waals surface area contributed by atoms with E-state index in [0.29, 0.717) is 17.6 Å². The van der Waals surface area contributed by atoms with Crippen molar-refractivity contribution in [3.8, 4) is 0 Å². The molecule has 5 nitrogen and oxygen atoms in total. The van der Waals surface area contributed by atoms with Gasteiger partial charge in [-0.2, -0.15) is 5.10 Å². The fourth-order valence-corrected chi connectivity index (χ4v) is 1.72. The minimum absolute atomic E-state index is 0.0998. The average molecular weight is 231 g/mol. The Labute approximate surface area is 97.9 Å². The lowest BCUT2D eigenvalue weighted by Crippen LogP contribution is -2.25. The second-order valence-electron chi connectivity index (χ2n) is 3.68. The molecule has 0 radical (unpaired) electrons. The Balaban J connectivity index is 2.45. The number of carbonyl (C=O) groups is 1. The molecule has 2 rings (SSSR count). The monoisotopic (exact) mass is 231 g/mol. The summed E-state index contributed by atoms with van der Waals surface area (Å²) >= 11 is 0. The maximum atomic E-state index is 11.5. The Kier molecular flexibility index (Phi) is 3.18. The van der Waals surface area contributed by atoms with E-state index in [2.05, 4.69) is 15.5 Å². The summed E-state index contributed by atoms with van der Waals surface area (Å²) < 4.78 is 0. The number of H-pyrrole nitrogens is 1. The van der Waals surface area contributed by atoms with Crippen molar-refractivity contribution in [3.63, 3.8) is 0 Å². The van der Waals surface area contributed by atoms with Crippen LogP contribution >= 0.6 is 0 Å². The van der Waals surface area contributed by atoms with Gasteiger partial charge in [0.15, 0.2) is 0 Å². The lowest BCUT2D eigenvalue weighted by atomic mass is 10.1. The molecule has 0 aliphatic carbocycles. The van der Waals surface area contributed by atoms with Crippen LogP contribution in [-0.4, -0.2) is 22.6 Å². The lowest BCUT2D eigenvalue weighted by molar-refractivity contribution is -0.120. The van der Waals surface area contributed by atoms with E-state index in [-0.39, 0.29) is 17.9 Å². The van der Waals surface area contributed by atoms with Crippen LogP contribution in [0.2, 0.25) is 0 Å². The van der Waals surface area contributed by atoms with Crippen molar-refractivity contribution in [1.82, 2.24) is 15.5 Å². The second kappa shape index (κ2) is 4.78. The number of amides is 1. The van der Waals surface area contributed by atoms with Gasteiger partial charge < -0.3 is 5.32 Å². The third kappa shape index (κ3) is 2.33. The minimum atomic E-state index is -0.236. The summed E-state index contributed by atoms with van der Waals surface area (Å²) in [5.74, 6) is -0.0998. The van der Waals surface area contributed by atoms with Gasteiger partial charge in [0, 0.05) is 11.9 Å². The van der Waals surface area contributed by atoms with E-state index in [1.807, 2.05) is 13.0 Å². The number of carbonyl (C=O) groups excluding carboxylic acids is 1. The summed E-state index contributed by atoms with van der Waals surface area (Å²) in [5, 5.41) is 10.3. The molecular formula is C12H13N3O2. The van der Waals surface area contributed by atoms with E-state index in [1.54, 1.807) is 18.2 Å². The van der Waals surface area contributed by atoms with Crippen LogP contribution in [0.1, 0.15) is 12.6 Å². The zero-order valence-electron chi connectivity index (χ0n) is 9.49. The molecule has 88 valence electrons. The normalized spacial score (nSPS) is 10.4. The van der Waals surface area contributed by atoms with E-state index in [9.17, 15) is 9.59 Å². The molecule has 1 heterocycles. The Bertz CT molecular complexity index is 604. The van der Waals surface area contributed by atoms with Gasteiger partial charge in [-0.15, -0.1) is 0 Å². The molecule has 0 saturated carbocycles. The summed E-state index contributed by atoms with van der Waals surface area (Å²) in [7, 11) is 0. The summed E-state index contributed by atoms with van der Waals surface area (Å²) in [6.45, 7) is 2.44. The largest absolute Gasteiger partial charge is 0.356 e. The first-order valence-electron chi connectivity index (χ1n) is 5.45. The van der Waals surface area contributed by atoms with E-state index >= 15 is 0 Å². The van der Waals surface area contributed by atoms with Crippen LogP contribution in [0.15, 0.2) is 29.1 Å². The number of hydrogen-bond acceptors (Lipinski definition) is 3. The van der Waals surface area contributed by atoms with Crippen LogP contribution < -0.4 is 10.9 Å². The third-order valence-electron chi connectivity index (χ3n) is 2.48. The quantitative estimate of drug-likeness (QED) is 0.812. The molecule has 5 heteroatoms. The Hall–Kier alpha value is -2.17. The average Bonchev–Trinajstić information content (AvgIpc) is 2.34. The van der Waals surface area contributed by atoms with E-state index in [0.717, 1.165) is 5.39 Å². The predicted octanol–water partition coefficient (Wildman–Crippen LogP) is 0.602. The third-order valence-corrected chi connectivity index (χ3v) is 2.48. The highest BCUT2D eigenvalue weighted by Gasteiger charge is 2.09. The molecular weight excluding hydrogens is 218 g/mol. The molecule has 0 spiro atoms. The van der Waals surface area contributed by atoms with Crippen LogP contribution in [0.3, 0.4) is 0 Å². The molecule has 17 heavy (non-hydrogen) atoms. The number of hydrogen-bond donors (Lipinski definition) is 2. The first-order chi connectivity index (χ1) is 8.22. The highest BCUT2D eigenvalue weighted by atomic mass is 16.1. The van der Waals surface area contributed by atoms with Crippen molar-refractivity contribution in [2.45, 2.75) is 13.3 Å². The van der Waals surface area contributed by atoms with Crippen molar-refractivity contribution < 1.29 is 4.79 Å². The topological polar surface area (TPSA) is 74.8 Å². The maximum absolute atomic E-state index is 11.5. The van der Waals surface area contributed by atoms with Gasteiger partial charge in [-0.1, -0.05) is 18.2 Å². The molecule has 1 aromatic heterocycles. The first kappa shape index (κ1) is 11.3. The van der Waals surface area contributed by atoms with Gasteiger partial charge in [0.1, 0.15) is 0 Å². The molecule has 0 unspecified atom stereocenters. The molecule has 0 fully saturated rings. The van der Waals surface area contributed by atoms with Gasteiger partial charge in [0.05, 0.1) is 17.5 Å². The Morgan fingerprint density at radius 3 is 2.76 bits per heavy atom. The number of fused-ring (bicyclic) bond motifs is 1. The van der Waals surface area contributed by atoms with Gasteiger partial charge in [-0.25, -0.2) is 5.10 Å². The summed E-state index contributed by atoms with van der Waals surface area (Å²) in [5.41, 5.74) is 0.353. The van der Waals surface area contributed by atoms with E-state index < -0.39 is 0 Å². The predicted molar refractivity (Wildman–Crippen MR) is 64.8 cm³/mol. The smallest absolute Gasteiger partial charge is 0.272 e. The number of aromatic nitrogens is 2. The summed E-state index contributed by atoms with van der Waals surface area (Å²) in [6, 6.07) is 7.13. The number of nitrogens with zero attached hydrogens (tertiary/aromatic N) is 1. The zero-order chi connectivity index (χ0) is 12.3. The molecule has 0 bridgehead atoms. The SMILES string of the molecule is CCNC(=O)Cc1n[nH]c(=O)c2ccccc12. The van der Waals surface area contributed by atoms with Crippen molar-refractivity contribution in [2.75, 3.05) is 6.54 Å². The van der Waals surface area contributed by atoms with Crippen LogP contribution in [0.4, 0.5) is 0 Å². The van der Waals surface area contributed by atoms with Crippen molar-refractivity contribution in [3.05, 3.63) is 40.3 Å². The van der Waals surface area contributed by atoms with Crippen molar-refractivity contribution in [2.24, 2.45) is 0 Å². The number of benzene rings is 1. The second-order valence-corrected chi connectivity index (χ2v) is 3.68. The molecule has 0 saturated heterocycles. The minimum Gasteiger partial charge on any atom is -0.356 e. The standard InChI is InChI=1S/C12H13N3O2/c1-2-13-11(16)7-10-8-5-3-4-6-9(8)12(17)15-14-10/h3-6H,2,7H2,1H3,(H,13,16)(H,15,17). The van der Waals surface area contributed by atoms with Gasteiger partial charge in [-0.05, 0) is 13.0 Å². The molecule has 0 atom stereocenters. The van der Waals surface area contributed by atoms with Gasteiger partial charge >= 0.3 is 0 Å². The van der Waals surface area contributed by atoms with E-state index in [4.69, 9.17) is 0 Å². The molecule has 1 amide bonds. The summed E-state index contributed by atoms with van der Waals surface area (Å²) in [6.07, 6.45) is 0.172. The van der Waals surface area contributed by atoms with E-state index in [1.165, 1.54) is 0 Å². The molecule has 2 N–H and O–H groups in total. The highest BCUT2D eigenvalue weighted by Crippen LogP contribution is 2.12. The van der Waals surface area contributed by atoms with Crippen LogP contribution in [0.5, 0.6) is 0 Å². The van der Waals surface area contributed by atoms with Crippen LogP contribution in [-0.2, 0) is 11.2 Å². The fourth-order valence-electron chi connectivity index (χ4n) is 1.72. The van der Waals surface area contributed by atoms with Gasteiger partial charge in [0.2, 0.25) is 5.91 Å². The first-order valence-corrected chi connectivity index (χ1v) is 5.45. The van der Waals surface area contributed by atoms with Crippen LogP contribution in [0, 0.1) is 0 Å². The number of likely N-dealkylation sites (N-methyl/N-ethyl adjacent to an activating group) is 1. The van der Waals surface area contributed by atoms with Crippen molar-refractivity contribution >= 4 is 16.7 Å². The Morgan fingerprint density at radius 1 is 1.35 bits per heavy atom. The number of aromatic amines is 1. The molecule has 0 aliphatic rings. The molecule has 2 aromatic rings. The summed E-state index contributed by atoms with van der Waals surface area (Å²) in [4.78, 5) is 23.0. The lowest BCUT2D eigenvalue weighted by Gasteiger charge is -2.04. The maximum Gasteiger partial charge on any atom is 0.272 e. The van der Waals surface area contributed by atoms with Crippen molar-refractivity contribution in [1.29, 1.82) is 0 Å². The van der Waals surface area contributed by atoms with Gasteiger partial charge in [-0.3, -0.25) is 9.59 Å². The van der Waals surface area contributed by atoms with Crippen LogP contribution in [0.25, 0.3) is 10.8 Å². The van der Waals surface area contributed by atoms with Gasteiger partial charge in [0.25, 0.3) is 5.56 Å².